The third-order valence-corrected chi connectivity index (χ3v) is 4.14. The number of benzene rings is 2. The zero-order valence-electron chi connectivity index (χ0n) is 17.1. The molecule has 1 amide bonds. The molecule has 1 heterocycles. The molecular weight excluding hydrogens is 404 g/mol. The van der Waals surface area contributed by atoms with E-state index in [0.717, 1.165) is 0 Å². The molecule has 9 nitrogen and oxygen atoms in total. The normalized spacial score (nSPS) is 14.0. The number of nitrogens with zero attached hydrogens (tertiary/aromatic N) is 1. The highest BCUT2D eigenvalue weighted by Gasteiger charge is 2.24. The number of methoxy groups -OCH3 is 2. The zero-order chi connectivity index (χ0) is 22.4. The van der Waals surface area contributed by atoms with E-state index in [9.17, 15) is 14.4 Å². The van der Waals surface area contributed by atoms with Crippen molar-refractivity contribution in [2.45, 2.75) is 6.92 Å². The van der Waals surface area contributed by atoms with Crippen LogP contribution >= 0.6 is 0 Å². The average Bonchev–Trinajstić information content (AvgIpc) is 3.12. The highest BCUT2D eigenvalue weighted by Crippen LogP contribution is 2.30. The average molecular weight is 424 g/mol. The van der Waals surface area contributed by atoms with Gasteiger partial charge >= 0.3 is 11.9 Å². The first kappa shape index (κ1) is 21.6. The van der Waals surface area contributed by atoms with E-state index in [1.807, 2.05) is 0 Å². The zero-order valence-corrected chi connectivity index (χ0v) is 17.1. The van der Waals surface area contributed by atoms with E-state index in [2.05, 4.69) is 15.0 Å². The van der Waals surface area contributed by atoms with Gasteiger partial charge in [-0.3, -0.25) is 4.79 Å². The molecule has 31 heavy (non-hydrogen) atoms. The number of ether oxygens (including phenoxy) is 4. The van der Waals surface area contributed by atoms with Gasteiger partial charge in [0.05, 0.1) is 14.2 Å². The maximum atomic E-state index is 12.2. The van der Waals surface area contributed by atoms with E-state index >= 15 is 0 Å². The molecule has 0 aliphatic carbocycles. The maximum absolute atomic E-state index is 12.2. The predicted octanol–water partition coefficient (Wildman–Crippen LogP) is 2.55. The van der Waals surface area contributed by atoms with Crippen LogP contribution in [-0.2, 0) is 23.9 Å². The third-order valence-electron chi connectivity index (χ3n) is 4.14. The minimum absolute atomic E-state index is 0.117. The Bertz CT molecular complexity index is 1070. The summed E-state index contributed by atoms with van der Waals surface area (Å²) >= 11 is 0. The molecule has 2 aromatic rings. The highest BCUT2D eigenvalue weighted by molar-refractivity contribution is 6.13. The number of nitrogens with one attached hydrogen (secondary N) is 1. The molecule has 0 bridgehead atoms. The van der Waals surface area contributed by atoms with Crippen LogP contribution in [0.1, 0.15) is 18.1 Å². The van der Waals surface area contributed by atoms with Crippen molar-refractivity contribution in [3.05, 3.63) is 59.3 Å². The Hall–Kier alpha value is -4.14. The topological polar surface area (TPSA) is 113 Å². The number of hydrogen-bond acceptors (Lipinski definition) is 8. The summed E-state index contributed by atoms with van der Waals surface area (Å²) < 4.78 is 20.5. The largest absolute Gasteiger partial charge is 0.493 e. The smallest absolute Gasteiger partial charge is 0.363 e. The van der Waals surface area contributed by atoms with E-state index in [-0.39, 0.29) is 24.1 Å². The van der Waals surface area contributed by atoms with Gasteiger partial charge in [-0.15, -0.1) is 0 Å². The Morgan fingerprint density at radius 3 is 2.48 bits per heavy atom. The number of aliphatic imine (C=N–C) groups is 1. The summed E-state index contributed by atoms with van der Waals surface area (Å²) in [6, 6.07) is 11.7. The molecule has 0 fully saturated rings. The molecule has 0 spiro atoms. The van der Waals surface area contributed by atoms with Crippen LogP contribution in [0.3, 0.4) is 0 Å². The van der Waals surface area contributed by atoms with Crippen LogP contribution in [0.25, 0.3) is 6.08 Å². The van der Waals surface area contributed by atoms with Gasteiger partial charge in [0.2, 0.25) is 11.8 Å². The van der Waals surface area contributed by atoms with Gasteiger partial charge in [-0.05, 0) is 48.0 Å². The Kier molecular flexibility index (Phi) is 6.66. The quantitative estimate of drug-likeness (QED) is 0.537. The van der Waals surface area contributed by atoms with Gasteiger partial charge in [0.1, 0.15) is 0 Å². The van der Waals surface area contributed by atoms with Crippen molar-refractivity contribution in [2.75, 3.05) is 26.1 Å². The van der Waals surface area contributed by atoms with Crippen molar-refractivity contribution in [2.24, 2.45) is 4.99 Å². The molecule has 0 saturated carbocycles. The van der Waals surface area contributed by atoms with Gasteiger partial charge < -0.3 is 24.3 Å². The van der Waals surface area contributed by atoms with Gasteiger partial charge in [-0.2, -0.15) is 0 Å². The number of hydrogen-bond donors (Lipinski definition) is 1. The van der Waals surface area contributed by atoms with Crippen LogP contribution in [-0.4, -0.2) is 44.6 Å². The molecule has 2 aromatic carbocycles. The van der Waals surface area contributed by atoms with E-state index in [1.165, 1.54) is 21.1 Å². The second kappa shape index (κ2) is 9.57. The summed E-state index contributed by atoms with van der Waals surface area (Å²) in [7, 11) is 2.73. The lowest BCUT2D eigenvalue weighted by Crippen LogP contribution is -2.12. The van der Waals surface area contributed by atoms with Crippen molar-refractivity contribution in [3.8, 4) is 11.5 Å². The van der Waals surface area contributed by atoms with Crippen LogP contribution < -0.4 is 14.8 Å². The fourth-order valence-corrected chi connectivity index (χ4v) is 2.68. The number of esters is 2. The van der Waals surface area contributed by atoms with Crippen LogP contribution in [0.15, 0.2) is 53.2 Å². The van der Waals surface area contributed by atoms with Crippen molar-refractivity contribution in [1.82, 2.24) is 0 Å². The molecule has 0 atom stereocenters. The van der Waals surface area contributed by atoms with Crippen molar-refractivity contribution in [1.29, 1.82) is 0 Å². The standard InChI is InChI=1S/C22H20N2O7/c1-13(25)23-16-7-5-15(6-8-16)21-24-17(22(27)31-21)10-14-4-9-18(19(11-14)28-2)30-12-20(26)29-3/h4-11H,12H2,1-3H3,(H,23,25)/b17-10-. The predicted molar refractivity (Wildman–Crippen MR) is 112 cm³/mol. The summed E-state index contributed by atoms with van der Waals surface area (Å²) in [6.45, 7) is 1.16. The van der Waals surface area contributed by atoms with Gasteiger partial charge in [0.25, 0.3) is 0 Å². The Balaban J connectivity index is 1.79. The molecule has 0 unspecified atom stereocenters. The minimum atomic E-state index is -0.592. The van der Waals surface area contributed by atoms with E-state index in [4.69, 9.17) is 14.2 Å². The van der Waals surface area contributed by atoms with Crippen molar-refractivity contribution >= 4 is 35.5 Å². The first-order valence-electron chi connectivity index (χ1n) is 9.18. The molecule has 9 heteroatoms. The summed E-state index contributed by atoms with van der Waals surface area (Å²) in [5, 5.41) is 2.66. The van der Waals surface area contributed by atoms with E-state index in [0.29, 0.717) is 28.3 Å². The Labute approximate surface area is 178 Å². The molecule has 3 rings (SSSR count). The van der Waals surface area contributed by atoms with Crippen LogP contribution in [0.2, 0.25) is 0 Å². The summed E-state index contributed by atoms with van der Waals surface area (Å²) in [4.78, 5) is 38.9. The molecule has 1 aliphatic rings. The lowest BCUT2D eigenvalue weighted by Gasteiger charge is -2.10. The molecule has 1 aliphatic heterocycles. The highest BCUT2D eigenvalue weighted by atomic mass is 16.6. The number of anilines is 1. The molecule has 160 valence electrons. The van der Waals surface area contributed by atoms with Gasteiger partial charge in [-0.1, -0.05) is 6.07 Å². The summed E-state index contributed by atoms with van der Waals surface area (Å²) in [5.74, 6) is -0.398. The number of cyclic esters (lactones) is 1. The number of carbonyl (C=O) groups excluding carboxylic acids is 3. The molecular formula is C22H20N2O7. The number of carbonyl (C=O) groups is 3. The lowest BCUT2D eigenvalue weighted by atomic mass is 10.1. The van der Waals surface area contributed by atoms with Crippen LogP contribution in [0, 0.1) is 0 Å². The van der Waals surface area contributed by atoms with E-state index in [1.54, 1.807) is 48.5 Å². The maximum Gasteiger partial charge on any atom is 0.363 e. The molecule has 0 aromatic heterocycles. The second-order valence-electron chi connectivity index (χ2n) is 6.37. The third kappa shape index (κ3) is 5.47. The van der Waals surface area contributed by atoms with Gasteiger partial charge in [0.15, 0.2) is 23.8 Å². The van der Waals surface area contributed by atoms with Crippen molar-refractivity contribution < 1.29 is 33.3 Å². The number of rotatable bonds is 7. The Morgan fingerprint density at radius 1 is 1.10 bits per heavy atom. The van der Waals surface area contributed by atoms with Crippen LogP contribution in [0.5, 0.6) is 11.5 Å². The lowest BCUT2D eigenvalue weighted by molar-refractivity contribution is -0.143. The fraction of sp³-hybridized carbons (Fsp3) is 0.182. The summed E-state index contributed by atoms with van der Waals surface area (Å²) in [5.41, 5.74) is 1.96. The molecule has 0 saturated heterocycles. The number of amides is 1. The SMILES string of the molecule is COC(=O)COc1ccc(/C=C2\N=C(c3ccc(NC(C)=O)cc3)OC2=O)cc1OC. The van der Waals surface area contributed by atoms with Gasteiger partial charge in [-0.25, -0.2) is 14.6 Å². The van der Waals surface area contributed by atoms with E-state index < -0.39 is 11.9 Å². The second-order valence-corrected chi connectivity index (χ2v) is 6.37. The minimum Gasteiger partial charge on any atom is -0.493 e. The first-order chi connectivity index (χ1) is 14.9. The van der Waals surface area contributed by atoms with Gasteiger partial charge in [0, 0.05) is 18.2 Å². The fourth-order valence-electron chi connectivity index (χ4n) is 2.68. The van der Waals surface area contributed by atoms with Crippen molar-refractivity contribution in [3.63, 3.8) is 0 Å². The monoisotopic (exact) mass is 424 g/mol. The Morgan fingerprint density at radius 2 is 1.84 bits per heavy atom. The molecule has 0 radical (unpaired) electrons. The molecule has 1 N–H and O–H groups in total. The van der Waals surface area contributed by atoms with Crippen LogP contribution in [0.4, 0.5) is 5.69 Å². The first-order valence-corrected chi connectivity index (χ1v) is 9.18. The summed E-state index contributed by atoms with van der Waals surface area (Å²) in [6.07, 6.45) is 1.55.